The first kappa shape index (κ1) is 21.0. The van der Waals surface area contributed by atoms with E-state index in [4.69, 9.17) is 9.73 Å². The van der Waals surface area contributed by atoms with Crippen LogP contribution in [0.25, 0.3) is 0 Å². The number of anilines is 1. The van der Waals surface area contributed by atoms with E-state index in [2.05, 4.69) is 82.8 Å². The Balaban J connectivity index is 1.38. The average Bonchev–Trinajstić information content (AvgIpc) is 3.30. The van der Waals surface area contributed by atoms with Gasteiger partial charge in [-0.15, -0.1) is 0 Å². The normalized spacial score (nSPS) is 21.3. The van der Waals surface area contributed by atoms with Gasteiger partial charge in [-0.3, -0.25) is 4.99 Å². The number of aliphatic imine (C=N–C) groups is 1. The third-order valence-corrected chi connectivity index (χ3v) is 6.89. The Kier molecular flexibility index (Phi) is 5.88. The van der Waals surface area contributed by atoms with Crippen LogP contribution in [0.15, 0.2) is 82.3 Å². The Labute approximate surface area is 198 Å². The van der Waals surface area contributed by atoms with Gasteiger partial charge >= 0.3 is 0 Å². The number of fused-ring (bicyclic) bond motifs is 3. The van der Waals surface area contributed by atoms with E-state index in [9.17, 15) is 0 Å². The van der Waals surface area contributed by atoms with Gasteiger partial charge in [0.1, 0.15) is 5.75 Å². The summed E-state index contributed by atoms with van der Waals surface area (Å²) in [6.07, 6.45) is 7.72. The highest BCUT2D eigenvalue weighted by Gasteiger charge is 2.37. The molecule has 1 N–H and O–H groups in total. The minimum Gasteiger partial charge on any atom is -0.493 e. The predicted octanol–water partition coefficient (Wildman–Crippen LogP) is 7.73. The van der Waals surface area contributed by atoms with Crippen LogP contribution in [0.4, 0.5) is 11.4 Å². The summed E-state index contributed by atoms with van der Waals surface area (Å²) < 4.78 is 6.74. The van der Waals surface area contributed by atoms with Crippen molar-refractivity contribution in [2.24, 2.45) is 10.9 Å². The molecule has 0 saturated heterocycles. The molecule has 3 aromatic rings. The van der Waals surface area contributed by atoms with E-state index in [1.54, 1.807) is 0 Å². The van der Waals surface area contributed by atoms with E-state index in [-0.39, 0.29) is 0 Å². The maximum atomic E-state index is 5.73. The third kappa shape index (κ3) is 4.12. The molecule has 1 aliphatic heterocycles. The number of hydrogen-bond donors (Lipinski definition) is 1. The maximum absolute atomic E-state index is 5.73. The highest BCUT2D eigenvalue weighted by molar-refractivity contribution is 9.10. The SMILES string of the molecule is CCOc1ccc(Br)cc1C=Nc1ccc([C@@H]2Nc3ccc(C)cc3[C@@H]3C=CC[C@@H]32)cc1. The molecular weight excluding hydrogens is 460 g/mol. The zero-order valence-electron chi connectivity index (χ0n) is 18.4. The molecule has 0 spiro atoms. The first-order valence-corrected chi connectivity index (χ1v) is 12.0. The molecular formula is C28H27BrN2O. The zero-order valence-corrected chi connectivity index (χ0v) is 20.0. The predicted molar refractivity (Wildman–Crippen MR) is 137 cm³/mol. The van der Waals surface area contributed by atoms with Crippen molar-refractivity contribution < 1.29 is 4.74 Å². The van der Waals surface area contributed by atoms with Crippen LogP contribution < -0.4 is 10.1 Å². The van der Waals surface area contributed by atoms with Crippen molar-refractivity contribution in [2.45, 2.75) is 32.2 Å². The fraction of sp³-hybridized carbons (Fsp3) is 0.250. The first-order valence-electron chi connectivity index (χ1n) is 11.2. The lowest BCUT2D eigenvalue weighted by molar-refractivity contribution is 0.339. The van der Waals surface area contributed by atoms with E-state index >= 15 is 0 Å². The number of hydrogen-bond acceptors (Lipinski definition) is 3. The van der Waals surface area contributed by atoms with Crippen LogP contribution in [0.1, 0.15) is 47.6 Å². The van der Waals surface area contributed by atoms with Gasteiger partial charge in [-0.1, -0.05) is 57.9 Å². The molecule has 3 nitrogen and oxygen atoms in total. The molecule has 1 aliphatic carbocycles. The van der Waals surface area contributed by atoms with Crippen molar-refractivity contribution in [3.63, 3.8) is 0 Å². The molecule has 5 rings (SSSR count). The van der Waals surface area contributed by atoms with Gasteiger partial charge < -0.3 is 10.1 Å². The van der Waals surface area contributed by atoms with Gasteiger partial charge in [-0.25, -0.2) is 0 Å². The van der Waals surface area contributed by atoms with Crippen molar-refractivity contribution in [3.05, 3.63) is 99.5 Å². The molecule has 32 heavy (non-hydrogen) atoms. The van der Waals surface area contributed by atoms with Crippen molar-refractivity contribution in [1.82, 2.24) is 0 Å². The highest BCUT2D eigenvalue weighted by atomic mass is 79.9. The van der Waals surface area contributed by atoms with E-state index in [1.807, 2.05) is 31.3 Å². The quantitative estimate of drug-likeness (QED) is 0.295. The lowest BCUT2D eigenvalue weighted by Crippen LogP contribution is -2.29. The summed E-state index contributed by atoms with van der Waals surface area (Å²) in [5, 5.41) is 3.82. The Morgan fingerprint density at radius 1 is 1.09 bits per heavy atom. The smallest absolute Gasteiger partial charge is 0.128 e. The number of halogens is 1. The number of aryl methyl sites for hydroxylation is 1. The second-order valence-corrected chi connectivity index (χ2v) is 9.45. The Morgan fingerprint density at radius 2 is 1.94 bits per heavy atom. The summed E-state index contributed by atoms with van der Waals surface area (Å²) in [4.78, 5) is 4.70. The molecule has 3 aromatic carbocycles. The maximum Gasteiger partial charge on any atom is 0.128 e. The lowest BCUT2D eigenvalue weighted by Gasteiger charge is -2.37. The summed E-state index contributed by atoms with van der Waals surface area (Å²) >= 11 is 3.54. The number of benzene rings is 3. The molecule has 0 saturated carbocycles. The van der Waals surface area contributed by atoms with Crippen LogP contribution in [0, 0.1) is 12.8 Å². The zero-order chi connectivity index (χ0) is 22.1. The molecule has 0 bridgehead atoms. The van der Waals surface area contributed by atoms with Crippen LogP contribution >= 0.6 is 15.9 Å². The summed E-state index contributed by atoms with van der Waals surface area (Å²) in [5.41, 5.74) is 7.22. The van der Waals surface area contributed by atoms with Gasteiger partial charge in [0, 0.05) is 27.9 Å². The summed E-state index contributed by atoms with van der Waals surface area (Å²) in [7, 11) is 0. The topological polar surface area (TPSA) is 33.6 Å². The molecule has 162 valence electrons. The number of rotatable bonds is 5. The number of ether oxygens (including phenoxy) is 1. The van der Waals surface area contributed by atoms with Gasteiger partial charge in [-0.05, 0) is 73.7 Å². The molecule has 0 aromatic heterocycles. The van der Waals surface area contributed by atoms with Crippen molar-refractivity contribution in [2.75, 3.05) is 11.9 Å². The molecule has 0 unspecified atom stereocenters. The van der Waals surface area contributed by atoms with Crippen LogP contribution in [0.5, 0.6) is 5.75 Å². The van der Waals surface area contributed by atoms with E-state index in [0.717, 1.165) is 27.9 Å². The van der Waals surface area contributed by atoms with Crippen molar-refractivity contribution in [1.29, 1.82) is 0 Å². The second kappa shape index (κ2) is 8.95. The molecule has 1 heterocycles. The Bertz CT molecular complexity index is 1180. The fourth-order valence-electron chi connectivity index (χ4n) is 4.86. The Hall–Kier alpha value is -2.85. The molecule has 0 fully saturated rings. The summed E-state index contributed by atoms with van der Waals surface area (Å²) in [5.74, 6) is 1.88. The molecule has 0 amide bonds. The monoisotopic (exact) mass is 486 g/mol. The molecule has 2 aliphatic rings. The van der Waals surface area contributed by atoms with Gasteiger partial charge in [-0.2, -0.15) is 0 Å². The standard InChI is InChI=1S/C28H27BrN2O/c1-3-32-27-14-10-21(29)16-20(27)17-30-22-11-8-19(9-12-22)28-24-6-4-5-23(24)25-15-18(2)7-13-26(25)31-28/h4-5,7-17,23-24,28,31H,3,6H2,1-2H3/t23-,24+,28+/m1/s1. The van der Waals surface area contributed by atoms with Crippen LogP contribution in [-0.4, -0.2) is 12.8 Å². The average molecular weight is 487 g/mol. The van der Waals surface area contributed by atoms with Gasteiger partial charge in [0.25, 0.3) is 0 Å². The fourth-order valence-corrected chi connectivity index (χ4v) is 5.24. The van der Waals surface area contributed by atoms with Crippen LogP contribution in [-0.2, 0) is 0 Å². The first-order chi connectivity index (χ1) is 15.6. The molecule has 4 heteroatoms. The molecule has 0 radical (unpaired) electrons. The number of nitrogens with one attached hydrogen (secondary N) is 1. The summed E-state index contributed by atoms with van der Waals surface area (Å²) in [6, 6.07) is 21.7. The number of nitrogens with zero attached hydrogens (tertiary/aromatic N) is 1. The summed E-state index contributed by atoms with van der Waals surface area (Å²) in [6.45, 7) is 4.79. The second-order valence-electron chi connectivity index (χ2n) is 8.53. The van der Waals surface area contributed by atoms with E-state index in [0.29, 0.717) is 24.5 Å². The van der Waals surface area contributed by atoms with Gasteiger partial charge in [0.05, 0.1) is 18.3 Å². The number of allylic oxidation sites excluding steroid dienone is 2. The molecule has 3 atom stereocenters. The van der Waals surface area contributed by atoms with Crippen LogP contribution in [0.2, 0.25) is 0 Å². The van der Waals surface area contributed by atoms with Crippen molar-refractivity contribution in [3.8, 4) is 5.75 Å². The van der Waals surface area contributed by atoms with Crippen LogP contribution in [0.3, 0.4) is 0 Å². The minimum absolute atomic E-state index is 0.304. The van der Waals surface area contributed by atoms with E-state index < -0.39 is 0 Å². The van der Waals surface area contributed by atoms with E-state index in [1.165, 1.54) is 22.4 Å². The van der Waals surface area contributed by atoms with Gasteiger partial charge in [0.2, 0.25) is 0 Å². The highest BCUT2D eigenvalue weighted by Crippen LogP contribution is 2.50. The lowest BCUT2D eigenvalue weighted by atomic mass is 9.76. The Morgan fingerprint density at radius 3 is 2.75 bits per heavy atom. The third-order valence-electron chi connectivity index (χ3n) is 6.39. The minimum atomic E-state index is 0.304. The van der Waals surface area contributed by atoms with Gasteiger partial charge in [0.15, 0.2) is 0 Å². The largest absolute Gasteiger partial charge is 0.493 e. The van der Waals surface area contributed by atoms with Crippen molar-refractivity contribution >= 4 is 33.5 Å².